The third-order valence-electron chi connectivity index (χ3n) is 7.73. The fourth-order valence-corrected chi connectivity index (χ4v) is 5.26. The van der Waals surface area contributed by atoms with Gasteiger partial charge in [0, 0.05) is 72.2 Å². The van der Waals surface area contributed by atoms with Crippen LogP contribution in [0.4, 0.5) is 29.1 Å². The predicted molar refractivity (Wildman–Crippen MR) is 163 cm³/mol. The number of alkyl halides is 3. The Morgan fingerprint density at radius 3 is 2.66 bits per heavy atom. The van der Waals surface area contributed by atoms with Crippen LogP contribution in [0.5, 0.6) is 5.75 Å². The molecule has 0 bridgehead atoms. The number of rotatable bonds is 9. The maximum absolute atomic E-state index is 15.1. The number of aromatic nitrogens is 3. The van der Waals surface area contributed by atoms with Crippen molar-refractivity contribution in [3.8, 4) is 5.75 Å². The highest BCUT2D eigenvalue weighted by Gasteiger charge is 2.31. The summed E-state index contributed by atoms with van der Waals surface area (Å²) in [7, 11) is 0. The fraction of sp³-hybridized carbons (Fsp3) is 0.323. The molecule has 1 aliphatic carbocycles. The van der Waals surface area contributed by atoms with Gasteiger partial charge in [-0.2, -0.15) is 18.3 Å². The van der Waals surface area contributed by atoms with Crippen molar-refractivity contribution in [2.75, 3.05) is 43.1 Å². The van der Waals surface area contributed by atoms with Gasteiger partial charge in [-0.3, -0.25) is 5.10 Å². The Labute approximate surface area is 251 Å². The second-order valence-corrected chi connectivity index (χ2v) is 10.9. The second-order valence-electron chi connectivity index (χ2n) is 10.9. The van der Waals surface area contributed by atoms with E-state index in [-0.39, 0.29) is 12.5 Å². The van der Waals surface area contributed by atoms with Gasteiger partial charge in [-0.15, -0.1) is 0 Å². The van der Waals surface area contributed by atoms with Crippen molar-refractivity contribution in [2.24, 2.45) is 9.98 Å². The SMILES string of the molecule is C=N/C(=C\C(=N/COc1ccc2[nH]c(C)cc2c1F)N1CCN(c2cccc(C(F)(F)F)c2)CC1)Nc1cc(C2CC2)[nH]n1. The minimum absolute atomic E-state index is 0.0715. The summed E-state index contributed by atoms with van der Waals surface area (Å²) in [6.45, 7) is 7.21. The molecule has 0 radical (unpaired) electrons. The van der Waals surface area contributed by atoms with Crippen LogP contribution < -0.4 is 15.0 Å². The number of nitrogens with one attached hydrogen (secondary N) is 3. The lowest BCUT2D eigenvalue weighted by molar-refractivity contribution is -0.137. The average molecular weight is 609 g/mol. The van der Waals surface area contributed by atoms with E-state index in [0.29, 0.717) is 66.2 Å². The molecule has 0 atom stereocenters. The number of amidine groups is 1. The number of benzene rings is 2. The third kappa shape index (κ3) is 6.56. The molecule has 6 rings (SSSR count). The molecule has 1 saturated heterocycles. The highest BCUT2D eigenvalue weighted by molar-refractivity contribution is 5.94. The Morgan fingerprint density at radius 1 is 1.14 bits per heavy atom. The van der Waals surface area contributed by atoms with Crippen LogP contribution in [0.25, 0.3) is 10.9 Å². The molecular weight excluding hydrogens is 576 g/mol. The number of aliphatic imine (C=N–C) groups is 2. The first-order chi connectivity index (χ1) is 21.2. The molecular formula is C31H32F4N8O. The van der Waals surface area contributed by atoms with E-state index in [0.717, 1.165) is 30.3 Å². The summed E-state index contributed by atoms with van der Waals surface area (Å²) in [6, 6.07) is 12.3. The zero-order valence-electron chi connectivity index (χ0n) is 24.1. The molecule has 9 nitrogen and oxygen atoms in total. The van der Waals surface area contributed by atoms with Gasteiger partial charge in [-0.05, 0) is 62.9 Å². The Morgan fingerprint density at radius 2 is 1.93 bits per heavy atom. The Kier molecular flexibility index (Phi) is 8.02. The number of fused-ring (bicyclic) bond motifs is 1. The van der Waals surface area contributed by atoms with E-state index in [1.54, 1.807) is 30.3 Å². The molecule has 230 valence electrons. The molecule has 2 aliphatic rings. The Bertz CT molecular complexity index is 1710. The summed E-state index contributed by atoms with van der Waals surface area (Å²) < 4.78 is 60.7. The average Bonchev–Trinajstić information content (AvgIpc) is 3.64. The van der Waals surface area contributed by atoms with Gasteiger partial charge in [0.15, 0.2) is 24.1 Å². The Hall–Kier alpha value is -4.81. The van der Waals surface area contributed by atoms with E-state index < -0.39 is 17.6 Å². The number of nitrogens with zero attached hydrogens (tertiary/aromatic N) is 5. The predicted octanol–water partition coefficient (Wildman–Crippen LogP) is 6.45. The van der Waals surface area contributed by atoms with Crippen molar-refractivity contribution in [1.29, 1.82) is 0 Å². The first-order valence-corrected chi connectivity index (χ1v) is 14.3. The number of hydrogen-bond acceptors (Lipinski definition) is 6. The summed E-state index contributed by atoms with van der Waals surface area (Å²) in [4.78, 5) is 15.7. The minimum atomic E-state index is -4.42. The normalized spacial score (nSPS) is 16.5. The molecule has 1 saturated carbocycles. The van der Waals surface area contributed by atoms with Gasteiger partial charge in [0.1, 0.15) is 11.7 Å². The van der Waals surface area contributed by atoms with Gasteiger partial charge < -0.3 is 24.8 Å². The number of aromatic amines is 2. The quantitative estimate of drug-likeness (QED) is 0.115. The first kappa shape index (κ1) is 29.3. The van der Waals surface area contributed by atoms with E-state index in [2.05, 4.69) is 37.2 Å². The smallest absolute Gasteiger partial charge is 0.416 e. The van der Waals surface area contributed by atoms with E-state index >= 15 is 4.39 Å². The lowest BCUT2D eigenvalue weighted by Gasteiger charge is -2.37. The largest absolute Gasteiger partial charge is 0.468 e. The van der Waals surface area contributed by atoms with E-state index in [4.69, 9.17) is 4.74 Å². The summed E-state index contributed by atoms with van der Waals surface area (Å²) >= 11 is 0. The van der Waals surface area contributed by atoms with Crippen molar-refractivity contribution in [1.82, 2.24) is 20.1 Å². The van der Waals surface area contributed by atoms with Crippen molar-refractivity contribution in [3.05, 3.63) is 83.2 Å². The van der Waals surface area contributed by atoms with Crippen molar-refractivity contribution < 1.29 is 22.3 Å². The van der Waals surface area contributed by atoms with Crippen LogP contribution in [0.1, 0.15) is 35.7 Å². The van der Waals surface area contributed by atoms with Crippen molar-refractivity contribution in [3.63, 3.8) is 0 Å². The second kappa shape index (κ2) is 12.1. The number of ether oxygens (including phenoxy) is 1. The first-order valence-electron chi connectivity index (χ1n) is 14.3. The number of halogens is 4. The summed E-state index contributed by atoms with van der Waals surface area (Å²) in [5.74, 6) is 1.58. The number of aryl methyl sites for hydroxylation is 1. The van der Waals surface area contributed by atoms with Gasteiger partial charge in [0.2, 0.25) is 0 Å². The lowest BCUT2D eigenvalue weighted by atomic mass is 10.1. The lowest BCUT2D eigenvalue weighted by Crippen LogP contribution is -2.48. The van der Waals surface area contributed by atoms with Crippen LogP contribution >= 0.6 is 0 Å². The maximum Gasteiger partial charge on any atom is 0.416 e. The van der Waals surface area contributed by atoms with Crippen LogP contribution in [0.3, 0.4) is 0 Å². The number of H-pyrrole nitrogens is 2. The van der Waals surface area contributed by atoms with Crippen LogP contribution in [-0.2, 0) is 6.18 Å². The summed E-state index contributed by atoms with van der Waals surface area (Å²) in [5, 5.41) is 10.9. The molecule has 1 aliphatic heterocycles. The monoisotopic (exact) mass is 608 g/mol. The highest BCUT2D eigenvalue weighted by Crippen LogP contribution is 2.39. The number of hydrogen-bond donors (Lipinski definition) is 3. The van der Waals surface area contributed by atoms with E-state index in [1.165, 1.54) is 12.1 Å². The fourth-order valence-electron chi connectivity index (χ4n) is 5.26. The number of piperazine rings is 1. The molecule has 4 aromatic rings. The molecule has 2 fully saturated rings. The van der Waals surface area contributed by atoms with Gasteiger partial charge in [0.05, 0.1) is 5.56 Å². The van der Waals surface area contributed by atoms with Crippen LogP contribution in [0.15, 0.2) is 70.4 Å². The molecule has 2 aromatic carbocycles. The topological polar surface area (TPSA) is 96.9 Å². The standard InChI is InChI=1S/C31H32F4N8O/c1-19-14-23-24(38-19)8-9-26(30(23)32)44-18-37-29(17-27(36-2)39-28-16-25(40-41-28)20-6-7-20)43-12-10-42(11-13-43)22-5-3-4-21(15-22)31(33,34)35/h3-5,8-9,14-17,20,38H,2,6-7,10-13,18H2,1H3,(H2,39,40,41)/b27-17+,37-29+. The van der Waals surface area contributed by atoms with E-state index in [1.807, 2.05) is 22.8 Å². The molecule has 44 heavy (non-hydrogen) atoms. The van der Waals surface area contributed by atoms with Crippen LogP contribution in [-0.4, -0.2) is 65.5 Å². The Balaban J connectivity index is 1.21. The van der Waals surface area contributed by atoms with Crippen molar-refractivity contribution in [2.45, 2.75) is 31.9 Å². The summed E-state index contributed by atoms with van der Waals surface area (Å²) in [6.07, 6.45) is -0.451. The molecule has 13 heteroatoms. The number of anilines is 2. The molecule has 0 spiro atoms. The summed E-state index contributed by atoms with van der Waals surface area (Å²) in [5.41, 5.74) is 2.39. The molecule has 3 N–H and O–H groups in total. The van der Waals surface area contributed by atoms with Crippen LogP contribution in [0.2, 0.25) is 0 Å². The third-order valence-corrected chi connectivity index (χ3v) is 7.73. The van der Waals surface area contributed by atoms with Crippen LogP contribution in [0, 0.1) is 12.7 Å². The van der Waals surface area contributed by atoms with Crippen molar-refractivity contribution >= 4 is 35.0 Å². The molecule has 0 amide bonds. The zero-order chi connectivity index (χ0) is 30.8. The molecule has 0 unspecified atom stereocenters. The van der Waals surface area contributed by atoms with E-state index in [9.17, 15) is 13.2 Å². The van der Waals surface area contributed by atoms with Gasteiger partial charge >= 0.3 is 6.18 Å². The minimum Gasteiger partial charge on any atom is -0.468 e. The van der Waals surface area contributed by atoms with Gasteiger partial charge in [-0.25, -0.2) is 14.4 Å². The van der Waals surface area contributed by atoms with Gasteiger partial charge in [0.25, 0.3) is 0 Å². The molecule has 2 aromatic heterocycles. The maximum atomic E-state index is 15.1. The molecule has 3 heterocycles. The highest BCUT2D eigenvalue weighted by atomic mass is 19.4. The zero-order valence-corrected chi connectivity index (χ0v) is 24.1. The van der Waals surface area contributed by atoms with Gasteiger partial charge in [-0.1, -0.05) is 6.07 Å².